The van der Waals surface area contributed by atoms with Gasteiger partial charge in [0.1, 0.15) is 5.75 Å². The van der Waals surface area contributed by atoms with Gasteiger partial charge in [-0.15, -0.1) is 10.2 Å². The molecule has 96 valence electrons. The number of nitrogens with zero attached hydrogens (tertiary/aromatic N) is 3. The number of aromatic nitrogens is 3. The van der Waals surface area contributed by atoms with Crippen molar-refractivity contribution in [2.75, 3.05) is 18.1 Å². The monoisotopic (exact) mass is 328 g/mol. The number of benzene rings is 1. The Morgan fingerprint density at radius 3 is 2.67 bits per heavy atom. The van der Waals surface area contributed by atoms with E-state index in [1.807, 2.05) is 31.3 Å². The zero-order valence-corrected chi connectivity index (χ0v) is 12.2. The fraction of sp³-hybridized carbons (Fsp3) is 0.273. The van der Waals surface area contributed by atoms with Gasteiger partial charge in [0, 0.05) is 17.3 Å². The van der Waals surface area contributed by atoms with E-state index < -0.39 is 0 Å². The van der Waals surface area contributed by atoms with Gasteiger partial charge in [-0.1, -0.05) is 27.7 Å². The Kier molecular flexibility index (Phi) is 4.48. The Morgan fingerprint density at radius 1 is 1.33 bits per heavy atom. The molecule has 0 aliphatic rings. The van der Waals surface area contributed by atoms with E-state index in [1.165, 1.54) is 0 Å². The number of ether oxygens (including phenoxy) is 1. The first-order valence-electron chi connectivity index (χ1n) is 5.33. The summed E-state index contributed by atoms with van der Waals surface area (Å²) in [5.74, 6) is 2.07. The fourth-order valence-corrected chi connectivity index (χ4v) is 2.27. The second-order valence-electron chi connectivity index (χ2n) is 3.55. The van der Waals surface area contributed by atoms with Gasteiger partial charge >= 0.3 is 0 Å². The van der Waals surface area contributed by atoms with E-state index >= 15 is 0 Å². The first-order valence-corrected chi connectivity index (χ1v) is 7.10. The van der Waals surface area contributed by atoms with Gasteiger partial charge in [-0.2, -0.15) is 0 Å². The van der Waals surface area contributed by atoms with Crippen LogP contribution >= 0.6 is 27.7 Å². The molecule has 2 rings (SSSR count). The van der Waals surface area contributed by atoms with Crippen molar-refractivity contribution in [1.82, 2.24) is 14.8 Å². The molecular formula is C11H13BrN4OS. The molecule has 0 saturated heterocycles. The third-order valence-corrected chi connectivity index (χ3v) is 3.78. The highest BCUT2D eigenvalue weighted by atomic mass is 79.9. The first kappa shape index (κ1) is 13.2. The maximum atomic E-state index is 5.60. The Bertz CT molecular complexity index is 514. The van der Waals surface area contributed by atoms with Crippen LogP contribution in [-0.4, -0.2) is 27.1 Å². The SMILES string of the molecule is Cn1c(N)nnc1SCCOc1ccc(Br)cc1. The van der Waals surface area contributed by atoms with Crippen LogP contribution in [0.1, 0.15) is 0 Å². The minimum atomic E-state index is 0.423. The van der Waals surface area contributed by atoms with Crippen molar-refractivity contribution < 1.29 is 4.74 Å². The molecule has 7 heteroatoms. The van der Waals surface area contributed by atoms with Crippen LogP contribution in [0, 0.1) is 0 Å². The van der Waals surface area contributed by atoms with Gasteiger partial charge in [-0.05, 0) is 24.3 Å². The normalized spacial score (nSPS) is 10.6. The molecule has 1 aromatic heterocycles. The maximum absolute atomic E-state index is 5.60. The van der Waals surface area contributed by atoms with Crippen molar-refractivity contribution in [3.63, 3.8) is 0 Å². The van der Waals surface area contributed by atoms with Gasteiger partial charge in [0.2, 0.25) is 5.95 Å². The lowest BCUT2D eigenvalue weighted by molar-refractivity contribution is 0.344. The van der Waals surface area contributed by atoms with E-state index in [2.05, 4.69) is 26.1 Å². The van der Waals surface area contributed by atoms with Crippen LogP contribution in [0.2, 0.25) is 0 Å². The average molecular weight is 329 g/mol. The average Bonchev–Trinajstić information content (AvgIpc) is 2.68. The van der Waals surface area contributed by atoms with E-state index in [0.717, 1.165) is 21.1 Å². The Morgan fingerprint density at radius 2 is 2.06 bits per heavy atom. The van der Waals surface area contributed by atoms with Crippen molar-refractivity contribution in [2.45, 2.75) is 5.16 Å². The lowest BCUT2D eigenvalue weighted by Gasteiger charge is -2.05. The van der Waals surface area contributed by atoms with Crippen molar-refractivity contribution in [2.24, 2.45) is 7.05 Å². The molecule has 0 fully saturated rings. The number of nitrogens with two attached hydrogens (primary N) is 1. The minimum Gasteiger partial charge on any atom is -0.493 e. The van der Waals surface area contributed by atoms with Gasteiger partial charge in [0.05, 0.1) is 6.61 Å². The molecule has 5 nitrogen and oxygen atoms in total. The van der Waals surface area contributed by atoms with Crippen LogP contribution in [0.5, 0.6) is 5.75 Å². The van der Waals surface area contributed by atoms with E-state index in [0.29, 0.717) is 12.6 Å². The van der Waals surface area contributed by atoms with Crippen LogP contribution in [-0.2, 0) is 7.05 Å². The number of halogens is 1. The molecule has 1 heterocycles. The Hall–Kier alpha value is -1.21. The number of thioether (sulfide) groups is 1. The molecule has 1 aromatic carbocycles. The van der Waals surface area contributed by atoms with Crippen LogP contribution in [0.4, 0.5) is 5.95 Å². The van der Waals surface area contributed by atoms with Crippen LogP contribution in [0.3, 0.4) is 0 Å². The molecule has 0 unspecified atom stereocenters. The van der Waals surface area contributed by atoms with E-state index in [-0.39, 0.29) is 0 Å². The zero-order valence-electron chi connectivity index (χ0n) is 9.84. The molecule has 18 heavy (non-hydrogen) atoms. The summed E-state index contributed by atoms with van der Waals surface area (Å²) in [7, 11) is 1.84. The quantitative estimate of drug-likeness (QED) is 0.674. The summed E-state index contributed by atoms with van der Waals surface area (Å²) in [5.41, 5.74) is 5.59. The molecule has 2 aromatic rings. The van der Waals surface area contributed by atoms with Crippen molar-refractivity contribution in [1.29, 1.82) is 0 Å². The molecule has 0 atom stereocenters. The topological polar surface area (TPSA) is 66.0 Å². The first-order chi connectivity index (χ1) is 8.66. The molecule has 0 aliphatic carbocycles. The van der Waals surface area contributed by atoms with Crippen molar-refractivity contribution >= 4 is 33.6 Å². The van der Waals surface area contributed by atoms with E-state index in [4.69, 9.17) is 10.5 Å². The lowest BCUT2D eigenvalue weighted by atomic mass is 10.3. The summed E-state index contributed by atoms with van der Waals surface area (Å²) < 4.78 is 8.39. The molecule has 2 N–H and O–H groups in total. The summed E-state index contributed by atoms with van der Waals surface area (Å²) in [4.78, 5) is 0. The van der Waals surface area contributed by atoms with Crippen LogP contribution < -0.4 is 10.5 Å². The van der Waals surface area contributed by atoms with Crippen LogP contribution in [0.25, 0.3) is 0 Å². The molecule has 0 aliphatic heterocycles. The van der Waals surface area contributed by atoms with Gasteiger partial charge in [-0.25, -0.2) is 0 Å². The second-order valence-corrected chi connectivity index (χ2v) is 5.53. The predicted octanol–water partition coefficient (Wildman–Crippen LogP) is 2.33. The highest BCUT2D eigenvalue weighted by molar-refractivity contribution is 9.10. The van der Waals surface area contributed by atoms with Crippen molar-refractivity contribution in [3.8, 4) is 5.75 Å². The highest BCUT2D eigenvalue weighted by Gasteiger charge is 2.05. The lowest BCUT2D eigenvalue weighted by Crippen LogP contribution is -2.02. The molecule has 0 bridgehead atoms. The van der Waals surface area contributed by atoms with Gasteiger partial charge in [0.15, 0.2) is 5.16 Å². The molecule has 0 spiro atoms. The van der Waals surface area contributed by atoms with Crippen molar-refractivity contribution in [3.05, 3.63) is 28.7 Å². The smallest absolute Gasteiger partial charge is 0.222 e. The second kappa shape index (κ2) is 6.10. The van der Waals surface area contributed by atoms with Gasteiger partial charge in [-0.3, -0.25) is 4.57 Å². The number of hydrogen-bond donors (Lipinski definition) is 1. The Balaban J connectivity index is 1.76. The van der Waals surface area contributed by atoms with E-state index in [9.17, 15) is 0 Å². The molecule has 0 amide bonds. The highest BCUT2D eigenvalue weighted by Crippen LogP contribution is 2.18. The molecule has 0 saturated carbocycles. The molecular weight excluding hydrogens is 316 g/mol. The largest absolute Gasteiger partial charge is 0.493 e. The predicted molar refractivity (Wildman–Crippen MR) is 75.8 cm³/mol. The van der Waals surface area contributed by atoms with Crippen LogP contribution in [0.15, 0.2) is 33.9 Å². The number of hydrogen-bond acceptors (Lipinski definition) is 5. The third-order valence-electron chi connectivity index (χ3n) is 2.27. The zero-order chi connectivity index (χ0) is 13.0. The third kappa shape index (κ3) is 3.39. The number of rotatable bonds is 5. The summed E-state index contributed by atoms with van der Waals surface area (Å²) in [5, 5.41) is 8.55. The summed E-state index contributed by atoms with van der Waals surface area (Å²) in [6.45, 7) is 0.610. The fourth-order valence-electron chi connectivity index (χ4n) is 1.28. The standard InChI is InChI=1S/C11H13BrN4OS/c1-16-10(13)14-15-11(16)18-7-6-17-9-4-2-8(12)3-5-9/h2-5H,6-7H2,1H3,(H2,13,14). The summed E-state index contributed by atoms with van der Waals surface area (Å²) in [6, 6.07) is 7.75. The van der Waals surface area contributed by atoms with Gasteiger partial charge < -0.3 is 10.5 Å². The number of nitrogen functional groups attached to an aromatic ring is 1. The maximum Gasteiger partial charge on any atom is 0.222 e. The summed E-state index contributed by atoms with van der Waals surface area (Å²) in [6.07, 6.45) is 0. The van der Waals surface area contributed by atoms with Gasteiger partial charge in [0.25, 0.3) is 0 Å². The number of anilines is 1. The van der Waals surface area contributed by atoms with E-state index in [1.54, 1.807) is 16.3 Å². The minimum absolute atomic E-state index is 0.423. The Labute approximate surface area is 118 Å². The molecule has 0 radical (unpaired) electrons. The summed E-state index contributed by atoms with van der Waals surface area (Å²) >= 11 is 4.94.